The summed E-state index contributed by atoms with van der Waals surface area (Å²) < 4.78 is 16.8. The van der Waals surface area contributed by atoms with Crippen molar-refractivity contribution in [3.8, 4) is 0 Å². The molecule has 12 heteroatoms. The van der Waals surface area contributed by atoms with Crippen LogP contribution >= 0.6 is 0 Å². The molecule has 0 radical (unpaired) electrons. The molecule has 4 heterocycles. The van der Waals surface area contributed by atoms with E-state index in [-0.39, 0.29) is 36.3 Å². The van der Waals surface area contributed by atoms with Crippen LogP contribution in [0.15, 0.2) is 23.0 Å². The minimum absolute atomic E-state index is 0.000679. The fourth-order valence-electron chi connectivity index (χ4n) is 6.96. The Hall–Kier alpha value is -3.09. The van der Waals surface area contributed by atoms with Gasteiger partial charge in [-0.15, -0.1) is 0 Å². The number of hydrogen-bond acceptors (Lipinski definition) is 8. The zero-order valence-corrected chi connectivity index (χ0v) is 28.0. The smallest absolute Gasteiger partial charge is 0.257 e. The van der Waals surface area contributed by atoms with Crippen LogP contribution in [0.3, 0.4) is 0 Å². The molecule has 244 valence electrons. The first-order valence-electron chi connectivity index (χ1n) is 16.6. The van der Waals surface area contributed by atoms with Gasteiger partial charge in [0.2, 0.25) is 11.8 Å². The van der Waals surface area contributed by atoms with Crippen molar-refractivity contribution in [3.63, 3.8) is 0 Å². The highest BCUT2D eigenvalue weighted by Crippen LogP contribution is 2.48. The summed E-state index contributed by atoms with van der Waals surface area (Å²) in [7, 11) is -1.29. The van der Waals surface area contributed by atoms with Crippen LogP contribution in [-0.2, 0) is 24.5 Å². The summed E-state index contributed by atoms with van der Waals surface area (Å²) in [6, 6.07) is 2.04. The third-order valence-corrected chi connectivity index (χ3v) is 11.8. The van der Waals surface area contributed by atoms with Crippen molar-refractivity contribution in [3.05, 3.63) is 35.3 Å². The molecule has 3 fully saturated rings. The summed E-state index contributed by atoms with van der Waals surface area (Å²) in [6.07, 6.45) is 9.94. The highest BCUT2D eigenvalue weighted by Gasteiger charge is 2.52. The van der Waals surface area contributed by atoms with E-state index < -0.39 is 19.5 Å². The van der Waals surface area contributed by atoms with E-state index in [1.165, 1.54) is 6.26 Å². The molecule has 1 spiro atoms. The highest BCUT2D eigenvalue weighted by atomic mass is 28.3. The molecule has 1 saturated heterocycles. The van der Waals surface area contributed by atoms with Gasteiger partial charge in [0.25, 0.3) is 5.91 Å². The number of carbonyl (C=O) groups is 3. The van der Waals surface area contributed by atoms with Gasteiger partial charge in [-0.1, -0.05) is 44.6 Å². The number of pyridine rings is 1. The van der Waals surface area contributed by atoms with Crippen LogP contribution in [0.5, 0.6) is 0 Å². The lowest BCUT2D eigenvalue weighted by Crippen LogP contribution is -2.49. The van der Waals surface area contributed by atoms with Gasteiger partial charge in [0.15, 0.2) is 0 Å². The van der Waals surface area contributed by atoms with Crippen molar-refractivity contribution in [2.45, 2.75) is 101 Å². The Labute approximate surface area is 266 Å². The number of nitrogens with one attached hydrogen (secondary N) is 2. The zero-order chi connectivity index (χ0) is 31.8. The van der Waals surface area contributed by atoms with Crippen LogP contribution < -0.4 is 15.5 Å². The van der Waals surface area contributed by atoms with Gasteiger partial charge in [-0.3, -0.25) is 19.3 Å². The predicted octanol–water partition coefficient (Wildman–Crippen LogP) is 5.22. The summed E-state index contributed by atoms with van der Waals surface area (Å²) in [6.45, 7) is 10.9. The molecule has 45 heavy (non-hydrogen) atoms. The maximum atomic E-state index is 14.0. The van der Waals surface area contributed by atoms with E-state index in [9.17, 15) is 14.4 Å². The van der Waals surface area contributed by atoms with Crippen LogP contribution in [0.25, 0.3) is 0 Å². The molecule has 11 nitrogen and oxygen atoms in total. The number of nitrogens with zero attached hydrogens (tertiary/aromatic N) is 3. The number of carbonyl (C=O) groups excluding carboxylic acids is 3. The maximum Gasteiger partial charge on any atom is 0.257 e. The van der Waals surface area contributed by atoms with E-state index in [0.717, 1.165) is 50.1 Å². The molecule has 4 aliphatic rings. The molecule has 2 aliphatic carbocycles. The summed E-state index contributed by atoms with van der Waals surface area (Å²) >= 11 is 0. The Morgan fingerprint density at radius 2 is 1.87 bits per heavy atom. The number of anilines is 2. The number of fused-ring (bicyclic) bond motifs is 2. The number of amides is 3. The molecular formula is C33H47N5O6Si. The van der Waals surface area contributed by atoms with Crippen LogP contribution in [0.2, 0.25) is 25.7 Å². The normalized spacial score (nSPS) is 23.6. The van der Waals surface area contributed by atoms with Crippen LogP contribution in [0.1, 0.15) is 85.8 Å². The minimum atomic E-state index is -1.29. The lowest BCUT2D eigenvalue weighted by atomic mass is 9.76. The first-order chi connectivity index (χ1) is 21.6. The zero-order valence-electron chi connectivity index (χ0n) is 27.0. The van der Waals surface area contributed by atoms with E-state index >= 15 is 0 Å². The molecule has 3 amide bonds. The van der Waals surface area contributed by atoms with E-state index in [1.54, 1.807) is 17.2 Å². The minimum Gasteiger partial charge on any atom is -0.381 e. The van der Waals surface area contributed by atoms with Gasteiger partial charge in [-0.25, -0.2) is 4.98 Å². The van der Waals surface area contributed by atoms with Crippen LogP contribution in [0.4, 0.5) is 11.5 Å². The second-order valence-corrected chi connectivity index (χ2v) is 20.3. The summed E-state index contributed by atoms with van der Waals surface area (Å²) in [5.41, 5.74) is 1.95. The van der Waals surface area contributed by atoms with Gasteiger partial charge in [-0.2, -0.15) is 0 Å². The number of aromatic nitrogens is 2. The quantitative estimate of drug-likeness (QED) is 0.253. The Morgan fingerprint density at radius 1 is 1.13 bits per heavy atom. The predicted molar refractivity (Wildman–Crippen MR) is 172 cm³/mol. The molecule has 6 rings (SSSR count). The average molecular weight is 638 g/mol. The van der Waals surface area contributed by atoms with Crippen molar-refractivity contribution >= 4 is 37.3 Å². The van der Waals surface area contributed by atoms with E-state index in [0.29, 0.717) is 61.3 Å². The lowest BCUT2D eigenvalue weighted by Gasteiger charge is -2.32. The maximum absolute atomic E-state index is 14.0. The van der Waals surface area contributed by atoms with Gasteiger partial charge in [0, 0.05) is 51.6 Å². The molecule has 0 aromatic carbocycles. The van der Waals surface area contributed by atoms with Gasteiger partial charge in [-0.05, 0) is 56.4 Å². The largest absolute Gasteiger partial charge is 0.381 e. The SMILES string of the molecule is CC1CCC(C(NC(=O)c2conc2C2CC2)C(=O)Nc2cc3c(cn2)C2(CCOCC2)C(=O)N3COCC[Si](C)(C)C)CC1. The molecule has 2 aromatic heterocycles. The van der Waals surface area contributed by atoms with Gasteiger partial charge in [0.05, 0.1) is 16.8 Å². The standard InChI is InChI=1S/C33H47N5O6Si/c1-21-5-7-23(8-6-21)29(36-30(39)24-19-44-37-28(24)22-9-10-22)31(40)35-27-17-26-25(18-34-27)33(11-13-42-14-12-33)32(41)38(26)20-43-15-16-45(2,3)4/h17-19,21-23,29H,5-16,20H2,1-4H3,(H,36,39)(H,34,35,40). The third-order valence-electron chi connectivity index (χ3n) is 10.1. The molecule has 2 aromatic rings. The van der Waals surface area contributed by atoms with Crippen molar-refractivity contribution in [2.75, 3.05) is 36.8 Å². The van der Waals surface area contributed by atoms with Crippen LogP contribution in [-0.4, -0.2) is 68.5 Å². The molecule has 0 bridgehead atoms. The lowest BCUT2D eigenvalue weighted by molar-refractivity contribution is -0.127. The average Bonchev–Trinajstić information content (AvgIpc) is 3.70. The Kier molecular flexibility index (Phi) is 9.18. The first-order valence-corrected chi connectivity index (χ1v) is 20.3. The Bertz CT molecular complexity index is 1400. The van der Waals surface area contributed by atoms with Gasteiger partial charge < -0.3 is 24.6 Å². The van der Waals surface area contributed by atoms with Crippen molar-refractivity contribution in [1.82, 2.24) is 15.5 Å². The Morgan fingerprint density at radius 3 is 2.56 bits per heavy atom. The molecule has 1 unspecified atom stereocenters. The highest BCUT2D eigenvalue weighted by molar-refractivity contribution is 6.76. The second-order valence-electron chi connectivity index (χ2n) is 14.7. The van der Waals surface area contributed by atoms with Crippen LogP contribution in [0, 0.1) is 11.8 Å². The first kappa shape index (κ1) is 31.9. The van der Waals surface area contributed by atoms with Crippen molar-refractivity contribution < 1.29 is 28.4 Å². The number of ether oxygens (including phenoxy) is 2. The Balaban J connectivity index is 1.23. The second kappa shape index (κ2) is 13.0. The molecular weight excluding hydrogens is 590 g/mol. The number of hydrogen-bond donors (Lipinski definition) is 2. The van der Waals surface area contributed by atoms with E-state index in [1.807, 2.05) is 0 Å². The number of rotatable bonds is 11. The third kappa shape index (κ3) is 6.87. The van der Waals surface area contributed by atoms with E-state index in [4.69, 9.17) is 14.0 Å². The molecule has 1 atom stereocenters. The van der Waals surface area contributed by atoms with Crippen molar-refractivity contribution in [2.24, 2.45) is 11.8 Å². The van der Waals surface area contributed by atoms with Gasteiger partial charge >= 0.3 is 0 Å². The van der Waals surface area contributed by atoms with Crippen molar-refractivity contribution in [1.29, 1.82) is 0 Å². The summed E-state index contributed by atoms with van der Waals surface area (Å²) in [4.78, 5) is 47.7. The van der Waals surface area contributed by atoms with E-state index in [2.05, 4.69) is 47.3 Å². The molecule has 2 saturated carbocycles. The molecule has 2 aliphatic heterocycles. The fourth-order valence-corrected chi connectivity index (χ4v) is 7.72. The van der Waals surface area contributed by atoms with Gasteiger partial charge in [0.1, 0.15) is 30.4 Å². The topological polar surface area (TPSA) is 136 Å². The fraction of sp³-hybridized carbons (Fsp3) is 0.667. The summed E-state index contributed by atoms with van der Waals surface area (Å²) in [5, 5.41) is 10.1. The summed E-state index contributed by atoms with van der Waals surface area (Å²) in [5.74, 6) is 0.512. The molecule has 2 N–H and O–H groups in total. The monoisotopic (exact) mass is 637 g/mol.